The maximum absolute atomic E-state index is 13.8. The Morgan fingerprint density at radius 2 is 1.32 bits per heavy atom. The van der Waals surface area contributed by atoms with Gasteiger partial charge in [-0.3, -0.25) is 18.7 Å². The molecule has 0 N–H and O–H groups in total. The highest BCUT2D eigenvalue weighted by atomic mass is 19.1. The maximum atomic E-state index is 13.8. The molecule has 1 saturated heterocycles. The summed E-state index contributed by atoms with van der Waals surface area (Å²) >= 11 is 0. The van der Waals surface area contributed by atoms with Gasteiger partial charge >= 0.3 is 5.69 Å². The molecule has 4 aromatic rings. The summed E-state index contributed by atoms with van der Waals surface area (Å²) in [5.74, 6) is 0.361. The molecule has 0 unspecified atom stereocenters. The van der Waals surface area contributed by atoms with Gasteiger partial charge < -0.3 is 14.4 Å². The third-order valence-electron chi connectivity index (χ3n) is 7.42. The normalized spacial score (nSPS) is 13.7. The second-order valence-corrected chi connectivity index (χ2v) is 10.0. The Hall–Kier alpha value is -4.40. The van der Waals surface area contributed by atoms with E-state index in [0.29, 0.717) is 33.7 Å². The SMILES string of the molecule is COc1cc2c(=O)n(Cc3ccc(C(=O)N4CCCCCC4)cc3)c(=O)n(Cc3ccc(F)cc3)c2cc1OC. The van der Waals surface area contributed by atoms with E-state index in [4.69, 9.17) is 9.47 Å². The van der Waals surface area contributed by atoms with Gasteiger partial charge in [-0.2, -0.15) is 0 Å². The summed E-state index contributed by atoms with van der Waals surface area (Å²) in [6.45, 7) is 1.65. The first-order valence-corrected chi connectivity index (χ1v) is 13.4. The Balaban J connectivity index is 1.54. The van der Waals surface area contributed by atoms with Crippen LogP contribution in [-0.2, 0) is 13.1 Å². The fourth-order valence-corrected chi connectivity index (χ4v) is 5.20. The molecule has 0 aliphatic carbocycles. The largest absolute Gasteiger partial charge is 0.493 e. The highest BCUT2D eigenvalue weighted by molar-refractivity contribution is 5.94. The van der Waals surface area contributed by atoms with Crippen LogP contribution in [0, 0.1) is 5.82 Å². The molecule has 9 heteroatoms. The molecular weight excluding hydrogens is 513 g/mol. The van der Waals surface area contributed by atoms with Crippen molar-refractivity contribution >= 4 is 16.8 Å². The Bertz CT molecular complexity index is 1630. The van der Waals surface area contributed by atoms with Crippen molar-refractivity contribution in [1.29, 1.82) is 0 Å². The lowest BCUT2D eigenvalue weighted by Crippen LogP contribution is -2.40. The molecule has 40 heavy (non-hydrogen) atoms. The van der Waals surface area contributed by atoms with Crippen LogP contribution in [0.3, 0.4) is 0 Å². The predicted molar refractivity (Wildman–Crippen MR) is 151 cm³/mol. The Labute approximate surface area is 231 Å². The number of halogens is 1. The van der Waals surface area contributed by atoms with Crippen LogP contribution < -0.4 is 20.7 Å². The molecular formula is C31H32FN3O5. The van der Waals surface area contributed by atoms with Gasteiger partial charge in [-0.25, -0.2) is 9.18 Å². The van der Waals surface area contributed by atoms with Crippen molar-refractivity contribution in [2.24, 2.45) is 0 Å². The molecule has 0 atom stereocenters. The number of methoxy groups -OCH3 is 2. The van der Waals surface area contributed by atoms with E-state index in [9.17, 15) is 18.8 Å². The zero-order chi connectivity index (χ0) is 28.2. The minimum atomic E-state index is -0.515. The van der Waals surface area contributed by atoms with Crippen molar-refractivity contribution in [2.75, 3.05) is 27.3 Å². The third-order valence-corrected chi connectivity index (χ3v) is 7.42. The average molecular weight is 546 g/mol. The first-order valence-electron chi connectivity index (χ1n) is 13.4. The van der Waals surface area contributed by atoms with E-state index in [1.165, 1.54) is 35.5 Å². The van der Waals surface area contributed by atoms with Crippen LogP contribution in [0.5, 0.6) is 11.5 Å². The van der Waals surface area contributed by atoms with Gasteiger partial charge in [0.05, 0.1) is 38.2 Å². The van der Waals surface area contributed by atoms with Gasteiger partial charge in [0.2, 0.25) is 0 Å². The molecule has 2 heterocycles. The van der Waals surface area contributed by atoms with Crippen LogP contribution in [0.4, 0.5) is 4.39 Å². The molecule has 0 bridgehead atoms. The number of fused-ring (bicyclic) bond motifs is 1. The van der Waals surface area contributed by atoms with Crippen LogP contribution >= 0.6 is 0 Å². The number of hydrogen-bond donors (Lipinski definition) is 0. The number of aromatic nitrogens is 2. The Morgan fingerprint density at radius 1 is 0.775 bits per heavy atom. The summed E-state index contributed by atoms with van der Waals surface area (Å²) in [4.78, 5) is 42.3. The number of amides is 1. The summed E-state index contributed by atoms with van der Waals surface area (Å²) < 4.78 is 27.0. The van der Waals surface area contributed by atoms with Gasteiger partial charge in [0.1, 0.15) is 5.82 Å². The first-order chi connectivity index (χ1) is 19.4. The van der Waals surface area contributed by atoms with Gasteiger partial charge in [0.25, 0.3) is 11.5 Å². The minimum absolute atomic E-state index is 0.000909. The topological polar surface area (TPSA) is 82.8 Å². The van der Waals surface area contributed by atoms with Gasteiger partial charge in [-0.15, -0.1) is 0 Å². The van der Waals surface area contributed by atoms with E-state index in [2.05, 4.69) is 0 Å². The number of carbonyl (C=O) groups is 1. The van der Waals surface area contributed by atoms with Crippen molar-refractivity contribution in [3.05, 3.63) is 104 Å². The van der Waals surface area contributed by atoms with Gasteiger partial charge in [-0.1, -0.05) is 37.1 Å². The second-order valence-electron chi connectivity index (χ2n) is 10.0. The number of likely N-dealkylation sites (tertiary alicyclic amines) is 1. The molecule has 1 aliphatic rings. The standard InChI is InChI=1S/C31H32FN3O5/c1-39-27-17-25-26(18-28(27)40-2)34(19-22-9-13-24(32)14-10-22)31(38)35(30(25)37)20-21-7-11-23(12-8-21)29(36)33-15-5-3-4-6-16-33/h7-14,17-18H,3-6,15-16,19-20H2,1-2H3. The third kappa shape index (κ3) is 5.50. The van der Waals surface area contributed by atoms with Gasteiger partial charge in [0, 0.05) is 24.7 Å². The molecule has 1 amide bonds. The molecule has 8 nitrogen and oxygen atoms in total. The molecule has 3 aromatic carbocycles. The molecule has 0 radical (unpaired) electrons. The molecule has 208 valence electrons. The van der Waals surface area contributed by atoms with Gasteiger partial charge in [-0.05, 0) is 54.3 Å². The monoisotopic (exact) mass is 545 g/mol. The summed E-state index contributed by atoms with van der Waals surface area (Å²) in [5, 5.41) is 0.285. The highest BCUT2D eigenvalue weighted by Gasteiger charge is 2.19. The smallest absolute Gasteiger partial charge is 0.332 e. The number of benzene rings is 3. The number of rotatable bonds is 7. The first kappa shape index (κ1) is 27.2. The van der Waals surface area contributed by atoms with Crippen LogP contribution in [0.25, 0.3) is 10.9 Å². The van der Waals surface area contributed by atoms with Crippen molar-refractivity contribution in [3.8, 4) is 11.5 Å². The average Bonchev–Trinajstić information content (AvgIpc) is 3.27. The van der Waals surface area contributed by atoms with E-state index < -0.39 is 11.2 Å². The lowest BCUT2D eigenvalue weighted by molar-refractivity contribution is 0.0761. The van der Waals surface area contributed by atoms with Crippen LogP contribution in [0.2, 0.25) is 0 Å². The van der Waals surface area contributed by atoms with Crippen molar-refractivity contribution in [3.63, 3.8) is 0 Å². The summed E-state index contributed by atoms with van der Waals surface area (Å²) in [7, 11) is 2.96. The molecule has 5 rings (SSSR count). The maximum Gasteiger partial charge on any atom is 0.332 e. The van der Waals surface area contributed by atoms with Crippen molar-refractivity contribution in [1.82, 2.24) is 14.0 Å². The van der Waals surface area contributed by atoms with E-state index in [1.54, 1.807) is 48.5 Å². The number of nitrogens with zero attached hydrogens (tertiary/aromatic N) is 3. The summed E-state index contributed by atoms with van der Waals surface area (Å²) in [6, 6.07) is 16.1. The lowest BCUT2D eigenvalue weighted by Gasteiger charge is -2.20. The fourth-order valence-electron chi connectivity index (χ4n) is 5.20. The van der Waals surface area contributed by atoms with E-state index in [-0.39, 0.29) is 30.2 Å². The lowest BCUT2D eigenvalue weighted by atomic mass is 10.1. The fraction of sp³-hybridized carbons (Fsp3) is 0.323. The van der Waals surface area contributed by atoms with E-state index in [0.717, 1.165) is 38.8 Å². The number of hydrogen-bond acceptors (Lipinski definition) is 5. The minimum Gasteiger partial charge on any atom is -0.493 e. The predicted octanol–water partition coefficient (Wildman–Crippen LogP) is 4.43. The van der Waals surface area contributed by atoms with E-state index >= 15 is 0 Å². The van der Waals surface area contributed by atoms with Crippen molar-refractivity contribution < 1.29 is 18.7 Å². The highest BCUT2D eigenvalue weighted by Crippen LogP contribution is 2.30. The Kier molecular flexibility index (Phi) is 8.00. The molecule has 1 aliphatic heterocycles. The number of ether oxygens (including phenoxy) is 2. The molecule has 0 saturated carbocycles. The van der Waals surface area contributed by atoms with Crippen LogP contribution in [-0.4, -0.2) is 47.3 Å². The van der Waals surface area contributed by atoms with Gasteiger partial charge in [0.15, 0.2) is 11.5 Å². The molecule has 1 fully saturated rings. The van der Waals surface area contributed by atoms with E-state index in [1.807, 2.05) is 4.90 Å². The zero-order valence-electron chi connectivity index (χ0n) is 22.7. The molecule has 1 aromatic heterocycles. The van der Waals surface area contributed by atoms with Crippen molar-refractivity contribution in [2.45, 2.75) is 38.8 Å². The summed E-state index contributed by atoms with van der Waals surface area (Å²) in [5.41, 5.74) is 1.38. The Morgan fingerprint density at radius 3 is 1.93 bits per heavy atom. The number of carbonyl (C=O) groups excluding carboxylic acids is 1. The van der Waals surface area contributed by atoms with Crippen LogP contribution in [0.1, 0.15) is 47.2 Å². The second kappa shape index (κ2) is 11.8. The van der Waals surface area contributed by atoms with Crippen LogP contribution in [0.15, 0.2) is 70.3 Å². The quantitative estimate of drug-likeness (QED) is 0.343. The summed E-state index contributed by atoms with van der Waals surface area (Å²) in [6.07, 6.45) is 4.30. The zero-order valence-corrected chi connectivity index (χ0v) is 22.7. The molecule has 0 spiro atoms.